The van der Waals surface area contributed by atoms with Gasteiger partial charge in [0.25, 0.3) is 0 Å². The Bertz CT molecular complexity index is 176. The molecule has 4 heteroatoms. The minimum absolute atomic E-state index is 0.269. The van der Waals surface area contributed by atoms with E-state index >= 15 is 0 Å². The van der Waals surface area contributed by atoms with Crippen LogP contribution in [-0.4, -0.2) is 17.4 Å². The van der Waals surface area contributed by atoms with E-state index in [4.69, 9.17) is 5.73 Å². The standard InChI is InChI=1S/C5H6N2OS/c6-5(8)4-3-7-1-2-9-4/h1-4H,(H2,6,8). The summed E-state index contributed by atoms with van der Waals surface area (Å²) in [5.74, 6) is -0.340. The molecule has 0 saturated heterocycles. The Morgan fingerprint density at radius 1 is 1.78 bits per heavy atom. The molecule has 0 spiro atoms. The van der Waals surface area contributed by atoms with Gasteiger partial charge in [0.15, 0.2) is 0 Å². The second-order valence-electron chi connectivity index (χ2n) is 1.54. The Morgan fingerprint density at radius 3 is 2.89 bits per heavy atom. The zero-order valence-electron chi connectivity index (χ0n) is 4.65. The number of rotatable bonds is 1. The lowest BCUT2D eigenvalue weighted by Gasteiger charge is -2.04. The van der Waals surface area contributed by atoms with Crippen molar-refractivity contribution >= 4 is 23.9 Å². The first-order chi connectivity index (χ1) is 4.30. The number of thioether (sulfide) groups is 1. The van der Waals surface area contributed by atoms with Crippen LogP contribution in [0.1, 0.15) is 0 Å². The highest BCUT2D eigenvalue weighted by Gasteiger charge is 2.12. The summed E-state index contributed by atoms with van der Waals surface area (Å²) in [5.41, 5.74) is 4.98. The molecular weight excluding hydrogens is 136 g/mol. The van der Waals surface area contributed by atoms with Crippen LogP contribution in [0.15, 0.2) is 16.6 Å². The first-order valence-electron chi connectivity index (χ1n) is 2.44. The summed E-state index contributed by atoms with van der Waals surface area (Å²) < 4.78 is 0. The van der Waals surface area contributed by atoms with Crippen molar-refractivity contribution in [3.05, 3.63) is 11.6 Å². The normalized spacial score (nSPS) is 24.2. The van der Waals surface area contributed by atoms with Crippen LogP contribution in [0, 0.1) is 0 Å². The van der Waals surface area contributed by atoms with Gasteiger partial charge in [0.1, 0.15) is 5.25 Å². The van der Waals surface area contributed by atoms with E-state index in [1.54, 1.807) is 11.6 Å². The third-order valence-electron chi connectivity index (χ3n) is 0.874. The fraction of sp³-hybridized carbons (Fsp3) is 0.200. The molecule has 0 fully saturated rings. The highest BCUT2D eigenvalue weighted by Crippen LogP contribution is 2.13. The fourth-order valence-corrected chi connectivity index (χ4v) is 1.04. The predicted molar refractivity (Wildman–Crippen MR) is 38.2 cm³/mol. The fourth-order valence-electron chi connectivity index (χ4n) is 0.458. The highest BCUT2D eigenvalue weighted by atomic mass is 32.2. The lowest BCUT2D eigenvalue weighted by Crippen LogP contribution is -2.26. The smallest absolute Gasteiger partial charge is 0.236 e. The highest BCUT2D eigenvalue weighted by molar-refractivity contribution is 8.04. The summed E-state index contributed by atoms with van der Waals surface area (Å²) in [6.07, 6.45) is 3.16. The Kier molecular flexibility index (Phi) is 1.89. The van der Waals surface area contributed by atoms with E-state index in [1.807, 2.05) is 0 Å². The molecule has 0 bridgehead atoms. The van der Waals surface area contributed by atoms with Crippen molar-refractivity contribution in [2.45, 2.75) is 5.25 Å². The molecule has 0 aromatic carbocycles. The summed E-state index contributed by atoms with van der Waals surface area (Å²) in [5, 5.41) is 1.48. The zero-order valence-corrected chi connectivity index (χ0v) is 5.47. The van der Waals surface area contributed by atoms with Gasteiger partial charge in [-0.05, 0) is 5.41 Å². The number of primary amides is 1. The van der Waals surface area contributed by atoms with Gasteiger partial charge >= 0.3 is 0 Å². The van der Waals surface area contributed by atoms with Gasteiger partial charge < -0.3 is 5.73 Å². The van der Waals surface area contributed by atoms with Crippen molar-refractivity contribution in [2.75, 3.05) is 0 Å². The van der Waals surface area contributed by atoms with Crippen molar-refractivity contribution in [1.82, 2.24) is 0 Å². The first kappa shape index (κ1) is 6.35. The number of carbonyl (C=O) groups excluding carboxylic acids is 1. The molecule has 1 rings (SSSR count). The molecule has 3 nitrogen and oxygen atoms in total. The quantitative estimate of drug-likeness (QED) is 0.565. The van der Waals surface area contributed by atoms with Crippen molar-refractivity contribution in [3.63, 3.8) is 0 Å². The molecular formula is C5H6N2OS. The molecule has 1 aliphatic heterocycles. The van der Waals surface area contributed by atoms with E-state index in [0.717, 1.165) is 0 Å². The van der Waals surface area contributed by atoms with E-state index in [2.05, 4.69) is 4.99 Å². The summed E-state index contributed by atoms with van der Waals surface area (Å²) in [7, 11) is 0. The molecule has 9 heavy (non-hydrogen) atoms. The lowest BCUT2D eigenvalue weighted by atomic mass is 10.4. The predicted octanol–water partition coefficient (Wildman–Crippen LogP) is 0.129. The average molecular weight is 142 g/mol. The van der Waals surface area contributed by atoms with Crippen LogP contribution in [-0.2, 0) is 4.79 Å². The summed E-state index contributed by atoms with van der Waals surface area (Å²) >= 11 is 1.37. The molecule has 0 aromatic rings. The molecule has 1 aliphatic rings. The first-order valence-corrected chi connectivity index (χ1v) is 3.38. The summed E-state index contributed by atoms with van der Waals surface area (Å²) in [6, 6.07) is 0. The monoisotopic (exact) mass is 142 g/mol. The SMILES string of the molecule is NC(=O)C1C=NC=CS1. The second-order valence-corrected chi connectivity index (χ2v) is 2.59. The number of hydrogen-bond donors (Lipinski definition) is 1. The Balaban J connectivity index is 2.56. The Hall–Kier alpha value is -0.770. The molecule has 2 N–H and O–H groups in total. The van der Waals surface area contributed by atoms with E-state index in [1.165, 1.54) is 18.0 Å². The third-order valence-corrected chi connectivity index (χ3v) is 1.80. The maximum Gasteiger partial charge on any atom is 0.236 e. The number of aliphatic imine (C=N–C) groups is 1. The van der Waals surface area contributed by atoms with Crippen molar-refractivity contribution in [1.29, 1.82) is 0 Å². The van der Waals surface area contributed by atoms with Crippen LogP contribution in [0.25, 0.3) is 0 Å². The molecule has 1 amide bonds. The van der Waals surface area contributed by atoms with E-state index in [-0.39, 0.29) is 11.2 Å². The van der Waals surface area contributed by atoms with E-state index in [9.17, 15) is 4.79 Å². The van der Waals surface area contributed by atoms with Crippen molar-refractivity contribution in [2.24, 2.45) is 10.7 Å². The zero-order chi connectivity index (χ0) is 6.69. The lowest BCUT2D eigenvalue weighted by molar-refractivity contribution is -0.116. The minimum atomic E-state index is -0.340. The molecule has 0 aliphatic carbocycles. The molecule has 0 saturated carbocycles. The Morgan fingerprint density at radius 2 is 2.56 bits per heavy atom. The minimum Gasteiger partial charge on any atom is -0.368 e. The molecule has 0 radical (unpaired) electrons. The Labute approximate surface area is 57.0 Å². The molecule has 1 heterocycles. The number of hydrogen-bond acceptors (Lipinski definition) is 3. The van der Waals surface area contributed by atoms with Gasteiger partial charge in [0, 0.05) is 12.4 Å². The molecule has 0 aromatic heterocycles. The molecule has 48 valence electrons. The van der Waals surface area contributed by atoms with Gasteiger partial charge in [-0.3, -0.25) is 9.79 Å². The van der Waals surface area contributed by atoms with Crippen LogP contribution in [0.4, 0.5) is 0 Å². The van der Waals surface area contributed by atoms with Crippen LogP contribution < -0.4 is 5.73 Å². The average Bonchev–Trinajstić information content (AvgIpc) is 1.90. The number of carbonyl (C=O) groups is 1. The van der Waals surface area contributed by atoms with E-state index in [0.29, 0.717) is 0 Å². The van der Waals surface area contributed by atoms with E-state index < -0.39 is 0 Å². The van der Waals surface area contributed by atoms with Crippen molar-refractivity contribution < 1.29 is 4.79 Å². The van der Waals surface area contributed by atoms with Crippen LogP contribution in [0.3, 0.4) is 0 Å². The second kappa shape index (κ2) is 2.68. The number of nitrogens with zero attached hydrogens (tertiary/aromatic N) is 1. The summed E-state index contributed by atoms with van der Waals surface area (Å²) in [6.45, 7) is 0. The topological polar surface area (TPSA) is 55.5 Å². The largest absolute Gasteiger partial charge is 0.368 e. The number of nitrogens with two attached hydrogens (primary N) is 1. The molecule has 1 atom stereocenters. The molecule has 1 unspecified atom stereocenters. The van der Waals surface area contributed by atoms with Gasteiger partial charge in [0.2, 0.25) is 5.91 Å². The van der Waals surface area contributed by atoms with Gasteiger partial charge in [-0.15, -0.1) is 11.8 Å². The maximum atomic E-state index is 10.4. The van der Waals surface area contributed by atoms with Gasteiger partial charge in [0.05, 0.1) is 0 Å². The summed E-state index contributed by atoms with van der Waals surface area (Å²) in [4.78, 5) is 14.2. The van der Waals surface area contributed by atoms with Crippen LogP contribution in [0.5, 0.6) is 0 Å². The van der Waals surface area contributed by atoms with Gasteiger partial charge in [-0.1, -0.05) is 0 Å². The maximum absolute atomic E-state index is 10.4. The van der Waals surface area contributed by atoms with Crippen molar-refractivity contribution in [3.8, 4) is 0 Å². The van der Waals surface area contributed by atoms with Crippen LogP contribution in [0.2, 0.25) is 0 Å². The van der Waals surface area contributed by atoms with Gasteiger partial charge in [-0.2, -0.15) is 0 Å². The van der Waals surface area contributed by atoms with Crippen LogP contribution >= 0.6 is 11.8 Å². The third kappa shape index (κ3) is 1.57. The van der Waals surface area contributed by atoms with Gasteiger partial charge in [-0.25, -0.2) is 0 Å². The number of amides is 1.